The monoisotopic (exact) mass is 236 g/mol. The van der Waals surface area contributed by atoms with Gasteiger partial charge in [-0.15, -0.1) is 0 Å². The van der Waals surface area contributed by atoms with Gasteiger partial charge in [-0.1, -0.05) is 11.6 Å². The Morgan fingerprint density at radius 1 is 1.38 bits per heavy atom. The van der Waals surface area contributed by atoms with Gasteiger partial charge < -0.3 is 5.32 Å². The first-order chi connectivity index (χ1) is 7.74. The molecule has 16 heavy (non-hydrogen) atoms. The van der Waals surface area contributed by atoms with E-state index in [2.05, 4.69) is 10.3 Å². The number of pyridine rings is 1. The molecule has 0 spiro atoms. The smallest absolute Gasteiger partial charge is 0.227 e. The summed E-state index contributed by atoms with van der Waals surface area (Å²) in [4.78, 5) is 15.9. The lowest BCUT2D eigenvalue weighted by Crippen LogP contribution is -2.21. The van der Waals surface area contributed by atoms with E-state index in [-0.39, 0.29) is 11.8 Å². The van der Waals surface area contributed by atoms with Crippen molar-refractivity contribution >= 4 is 23.2 Å². The van der Waals surface area contributed by atoms with Crippen LogP contribution in [-0.4, -0.2) is 10.9 Å². The molecule has 1 amide bonds. The second-order valence-corrected chi connectivity index (χ2v) is 5.18. The molecule has 2 fully saturated rings. The number of aromatic nitrogens is 1. The van der Waals surface area contributed by atoms with Crippen LogP contribution in [0.2, 0.25) is 5.02 Å². The lowest BCUT2D eigenvalue weighted by atomic mass is 10.0. The highest BCUT2D eigenvalue weighted by atomic mass is 35.5. The molecule has 2 atom stereocenters. The van der Waals surface area contributed by atoms with Crippen molar-refractivity contribution < 1.29 is 4.79 Å². The Balaban J connectivity index is 1.66. The van der Waals surface area contributed by atoms with Crippen LogP contribution >= 0.6 is 11.6 Å². The zero-order valence-corrected chi connectivity index (χ0v) is 9.57. The summed E-state index contributed by atoms with van der Waals surface area (Å²) in [6.07, 6.45) is 6.64. The predicted octanol–water partition coefficient (Wildman–Crippen LogP) is 2.72. The molecule has 2 aliphatic carbocycles. The maximum Gasteiger partial charge on any atom is 0.227 e. The molecule has 3 rings (SSSR count). The van der Waals surface area contributed by atoms with Crippen LogP contribution in [0.4, 0.5) is 5.69 Å². The maximum absolute atomic E-state index is 11.9. The number of amides is 1. The van der Waals surface area contributed by atoms with Crippen molar-refractivity contribution in [2.24, 2.45) is 17.8 Å². The number of carbonyl (C=O) groups is 1. The third kappa shape index (κ3) is 1.80. The molecule has 0 aromatic carbocycles. The molecule has 1 aromatic heterocycles. The minimum Gasteiger partial charge on any atom is -0.323 e. The highest BCUT2D eigenvalue weighted by Crippen LogP contribution is 2.54. The standard InChI is InChI=1S/C12H13ClN2O/c13-10-1-2-14-6-11(10)15-12(16)9-4-7-3-8(7)5-9/h1-2,6-9H,3-5H2,(H,15,16). The van der Waals surface area contributed by atoms with Gasteiger partial charge in [0.2, 0.25) is 5.91 Å². The fourth-order valence-electron chi connectivity index (χ4n) is 2.63. The van der Waals surface area contributed by atoms with Crippen LogP contribution in [0.5, 0.6) is 0 Å². The van der Waals surface area contributed by atoms with Gasteiger partial charge in [0.15, 0.2) is 0 Å². The van der Waals surface area contributed by atoms with Gasteiger partial charge in [-0.3, -0.25) is 9.78 Å². The molecule has 4 heteroatoms. The van der Waals surface area contributed by atoms with Gasteiger partial charge >= 0.3 is 0 Å². The highest BCUT2D eigenvalue weighted by molar-refractivity contribution is 6.33. The zero-order chi connectivity index (χ0) is 11.1. The van der Waals surface area contributed by atoms with Crippen molar-refractivity contribution in [3.05, 3.63) is 23.5 Å². The number of rotatable bonds is 2. The summed E-state index contributed by atoms with van der Waals surface area (Å²) in [7, 11) is 0. The first kappa shape index (κ1) is 10.1. The Hall–Kier alpha value is -1.09. The van der Waals surface area contributed by atoms with Gasteiger partial charge in [-0.25, -0.2) is 0 Å². The Kier molecular flexibility index (Phi) is 2.36. The number of fused-ring (bicyclic) bond motifs is 1. The Morgan fingerprint density at radius 3 is 2.81 bits per heavy atom. The van der Waals surface area contributed by atoms with E-state index in [1.165, 1.54) is 6.42 Å². The van der Waals surface area contributed by atoms with Crippen LogP contribution in [-0.2, 0) is 4.79 Å². The molecule has 1 aromatic rings. The summed E-state index contributed by atoms with van der Waals surface area (Å²) in [5, 5.41) is 3.41. The SMILES string of the molecule is O=C(Nc1cnccc1Cl)C1CC2CC2C1. The molecule has 2 unspecified atom stereocenters. The second kappa shape index (κ2) is 3.74. The minimum atomic E-state index is 0.0992. The summed E-state index contributed by atoms with van der Waals surface area (Å²) >= 11 is 5.96. The van der Waals surface area contributed by atoms with Crippen molar-refractivity contribution in [3.63, 3.8) is 0 Å². The largest absolute Gasteiger partial charge is 0.323 e. The lowest BCUT2D eigenvalue weighted by Gasteiger charge is -2.12. The van der Waals surface area contributed by atoms with E-state index in [9.17, 15) is 4.79 Å². The van der Waals surface area contributed by atoms with E-state index in [4.69, 9.17) is 11.6 Å². The van der Waals surface area contributed by atoms with Crippen LogP contribution in [0, 0.1) is 17.8 Å². The van der Waals surface area contributed by atoms with Crippen LogP contribution in [0.3, 0.4) is 0 Å². The molecule has 1 heterocycles. The fourth-order valence-corrected chi connectivity index (χ4v) is 2.79. The molecule has 0 radical (unpaired) electrons. The number of nitrogens with one attached hydrogen (secondary N) is 1. The van der Waals surface area contributed by atoms with Gasteiger partial charge in [-0.2, -0.15) is 0 Å². The zero-order valence-electron chi connectivity index (χ0n) is 8.82. The van der Waals surface area contributed by atoms with Gasteiger partial charge in [0, 0.05) is 12.1 Å². The number of hydrogen-bond donors (Lipinski definition) is 1. The van der Waals surface area contributed by atoms with E-state index in [1.807, 2.05) is 0 Å². The fraction of sp³-hybridized carbons (Fsp3) is 0.500. The van der Waals surface area contributed by atoms with Gasteiger partial charge in [-0.05, 0) is 37.2 Å². The molecule has 0 bridgehead atoms. The normalized spacial score (nSPS) is 30.9. The van der Waals surface area contributed by atoms with Crippen LogP contribution in [0.1, 0.15) is 19.3 Å². The summed E-state index contributed by atoms with van der Waals surface area (Å²) in [5.74, 6) is 1.92. The van der Waals surface area contributed by atoms with Crippen LogP contribution in [0.25, 0.3) is 0 Å². The van der Waals surface area contributed by atoms with E-state index in [0.29, 0.717) is 10.7 Å². The molecule has 3 nitrogen and oxygen atoms in total. The van der Waals surface area contributed by atoms with Gasteiger partial charge in [0.1, 0.15) is 0 Å². The third-order valence-electron chi connectivity index (χ3n) is 3.64. The van der Waals surface area contributed by atoms with Crippen molar-refractivity contribution in [2.75, 3.05) is 5.32 Å². The Morgan fingerprint density at radius 2 is 2.12 bits per heavy atom. The molecule has 2 saturated carbocycles. The minimum absolute atomic E-state index is 0.0992. The Labute approximate surface area is 99.2 Å². The number of nitrogens with zero attached hydrogens (tertiary/aromatic N) is 1. The molecule has 2 aliphatic rings. The van der Waals surface area contributed by atoms with E-state index >= 15 is 0 Å². The van der Waals surface area contributed by atoms with Crippen molar-refractivity contribution in [1.82, 2.24) is 4.98 Å². The second-order valence-electron chi connectivity index (χ2n) is 4.77. The molecule has 84 valence electrons. The lowest BCUT2D eigenvalue weighted by molar-refractivity contribution is -0.120. The summed E-state index contributed by atoms with van der Waals surface area (Å²) in [6, 6.07) is 1.68. The summed E-state index contributed by atoms with van der Waals surface area (Å²) in [6.45, 7) is 0. The van der Waals surface area contributed by atoms with Gasteiger partial charge in [0.25, 0.3) is 0 Å². The molecule has 1 N–H and O–H groups in total. The first-order valence-corrected chi connectivity index (χ1v) is 6.02. The number of hydrogen-bond acceptors (Lipinski definition) is 2. The quantitative estimate of drug-likeness (QED) is 0.858. The number of anilines is 1. The Bertz CT molecular complexity index is 425. The van der Waals surface area contributed by atoms with Crippen molar-refractivity contribution in [2.45, 2.75) is 19.3 Å². The maximum atomic E-state index is 11.9. The molecular weight excluding hydrogens is 224 g/mol. The molecular formula is C12H13ClN2O. The van der Waals surface area contributed by atoms with E-state index < -0.39 is 0 Å². The molecule has 0 saturated heterocycles. The number of halogens is 1. The first-order valence-electron chi connectivity index (χ1n) is 5.64. The predicted molar refractivity (Wildman–Crippen MR) is 62.2 cm³/mol. The molecule has 0 aliphatic heterocycles. The highest BCUT2D eigenvalue weighted by Gasteiger charge is 2.47. The average molecular weight is 237 g/mol. The average Bonchev–Trinajstić information content (AvgIpc) is 2.89. The van der Waals surface area contributed by atoms with E-state index in [0.717, 1.165) is 24.7 Å². The summed E-state index contributed by atoms with van der Waals surface area (Å²) in [5.41, 5.74) is 0.620. The van der Waals surface area contributed by atoms with Gasteiger partial charge in [0.05, 0.1) is 16.9 Å². The van der Waals surface area contributed by atoms with Crippen LogP contribution in [0.15, 0.2) is 18.5 Å². The van der Waals surface area contributed by atoms with Crippen molar-refractivity contribution in [3.8, 4) is 0 Å². The van der Waals surface area contributed by atoms with Crippen molar-refractivity contribution in [1.29, 1.82) is 0 Å². The number of carbonyl (C=O) groups excluding carboxylic acids is 1. The summed E-state index contributed by atoms with van der Waals surface area (Å²) < 4.78 is 0. The van der Waals surface area contributed by atoms with Crippen LogP contribution < -0.4 is 5.32 Å². The van der Waals surface area contributed by atoms with E-state index in [1.54, 1.807) is 18.5 Å². The topological polar surface area (TPSA) is 42.0 Å². The third-order valence-corrected chi connectivity index (χ3v) is 3.97.